The third-order valence-corrected chi connectivity index (χ3v) is 6.59. The van der Waals surface area contributed by atoms with Gasteiger partial charge in [0, 0.05) is 50.0 Å². The van der Waals surface area contributed by atoms with Gasteiger partial charge in [-0.25, -0.2) is 19.0 Å². The van der Waals surface area contributed by atoms with E-state index in [1.165, 1.54) is 18.5 Å². The van der Waals surface area contributed by atoms with Crippen molar-refractivity contribution in [3.8, 4) is 11.3 Å². The highest BCUT2D eigenvalue weighted by molar-refractivity contribution is 5.83. The van der Waals surface area contributed by atoms with Crippen molar-refractivity contribution in [3.63, 3.8) is 0 Å². The molecule has 4 heterocycles. The van der Waals surface area contributed by atoms with Gasteiger partial charge in [-0.2, -0.15) is 13.9 Å². The molecule has 1 aliphatic rings. The van der Waals surface area contributed by atoms with E-state index in [1.54, 1.807) is 24.4 Å². The third kappa shape index (κ3) is 5.28. The maximum absolute atomic E-state index is 14.1. The first-order valence-electron chi connectivity index (χ1n) is 12.2. The number of anilines is 1. The summed E-state index contributed by atoms with van der Waals surface area (Å²) in [6.07, 6.45) is 3.40. The SMILES string of the molecule is CC(C)C(O)c1cc2nc(N3CCN(Cc4ccccc4F)CC3)c(-c3cnn(C(F)F)c3)nc2cn1. The molecule has 8 nitrogen and oxygen atoms in total. The number of pyridine rings is 1. The van der Waals surface area contributed by atoms with Gasteiger partial charge in [0.2, 0.25) is 0 Å². The van der Waals surface area contributed by atoms with Crippen molar-refractivity contribution in [2.24, 2.45) is 5.92 Å². The minimum Gasteiger partial charge on any atom is -0.387 e. The van der Waals surface area contributed by atoms with Crippen molar-refractivity contribution in [1.29, 1.82) is 0 Å². The zero-order chi connectivity index (χ0) is 26.1. The van der Waals surface area contributed by atoms with Gasteiger partial charge in [-0.3, -0.25) is 9.88 Å². The number of halogens is 3. The Bertz CT molecular complexity index is 1390. The number of rotatable bonds is 7. The quantitative estimate of drug-likeness (QED) is 0.393. The molecule has 0 amide bonds. The molecular weight excluding hydrogens is 483 g/mol. The maximum atomic E-state index is 14.1. The van der Waals surface area contributed by atoms with Gasteiger partial charge in [0.05, 0.1) is 29.7 Å². The molecule has 5 rings (SSSR count). The van der Waals surface area contributed by atoms with Crippen LogP contribution in [0.15, 0.2) is 48.9 Å². The molecule has 1 saturated heterocycles. The van der Waals surface area contributed by atoms with Crippen LogP contribution in [0.2, 0.25) is 0 Å². The minimum atomic E-state index is -2.77. The standard InChI is InChI=1S/C26H28F3N7O/c1-16(2)24(37)21-11-20-22(13-30-21)32-23(18-12-31-36(15-18)26(28)29)25(33-20)35-9-7-34(8-10-35)14-17-5-3-4-6-19(17)27/h3-6,11-13,15-16,24,26,37H,7-10,14H2,1-2H3. The van der Waals surface area contributed by atoms with Crippen LogP contribution in [-0.4, -0.2) is 60.9 Å². The summed E-state index contributed by atoms with van der Waals surface area (Å²) in [5.74, 6) is 0.291. The Morgan fingerprint density at radius 3 is 2.43 bits per heavy atom. The second-order valence-corrected chi connectivity index (χ2v) is 9.52. The maximum Gasteiger partial charge on any atom is 0.333 e. The molecule has 0 spiro atoms. The molecule has 0 radical (unpaired) electrons. The molecule has 4 aromatic rings. The summed E-state index contributed by atoms with van der Waals surface area (Å²) >= 11 is 0. The van der Waals surface area contributed by atoms with Crippen molar-refractivity contribution in [3.05, 3.63) is 66.0 Å². The third-order valence-electron chi connectivity index (χ3n) is 6.59. The molecule has 1 atom stereocenters. The van der Waals surface area contributed by atoms with E-state index in [0.717, 1.165) is 0 Å². The lowest BCUT2D eigenvalue weighted by molar-refractivity contribution is 0.0566. The Labute approximate surface area is 212 Å². The van der Waals surface area contributed by atoms with E-state index in [4.69, 9.17) is 9.97 Å². The lowest BCUT2D eigenvalue weighted by Gasteiger charge is -2.36. The van der Waals surface area contributed by atoms with E-state index in [-0.39, 0.29) is 11.7 Å². The van der Waals surface area contributed by atoms with Gasteiger partial charge in [0.25, 0.3) is 0 Å². The van der Waals surface area contributed by atoms with Crippen LogP contribution in [0.4, 0.5) is 19.0 Å². The van der Waals surface area contributed by atoms with E-state index in [0.29, 0.717) is 76.8 Å². The zero-order valence-corrected chi connectivity index (χ0v) is 20.6. The molecule has 194 valence electrons. The minimum absolute atomic E-state index is 0.0284. The number of aromatic nitrogens is 5. The molecule has 0 aliphatic carbocycles. The Balaban J connectivity index is 1.47. The first kappa shape index (κ1) is 25.1. The fourth-order valence-corrected chi connectivity index (χ4v) is 4.44. The van der Waals surface area contributed by atoms with Crippen molar-refractivity contribution in [2.45, 2.75) is 33.0 Å². The van der Waals surface area contributed by atoms with Gasteiger partial charge < -0.3 is 10.0 Å². The average molecular weight is 512 g/mol. The summed E-state index contributed by atoms with van der Waals surface area (Å²) < 4.78 is 41.2. The summed E-state index contributed by atoms with van der Waals surface area (Å²) in [5.41, 5.74) is 3.03. The molecule has 1 aliphatic heterocycles. The van der Waals surface area contributed by atoms with E-state index >= 15 is 0 Å². The normalized spacial score (nSPS) is 15.7. The van der Waals surface area contributed by atoms with Crippen LogP contribution in [-0.2, 0) is 6.54 Å². The topological polar surface area (TPSA) is 83.2 Å². The van der Waals surface area contributed by atoms with Crippen LogP contribution < -0.4 is 4.90 Å². The number of piperazine rings is 1. The van der Waals surface area contributed by atoms with Crippen LogP contribution in [0.1, 0.15) is 37.8 Å². The summed E-state index contributed by atoms with van der Waals surface area (Å²) in [7, 11) is 0. The number of aliphatic hydroxyl groups is 1. The Morgan fingerprint density at radius 2 is 1.76 bits per heavy atom. The number of benzene rings is 1. The van der Waals surface area contributed by atoms with E-state index < -0.39 is 12.7 Å². The molecular formula is C26H28F3N7O. The van der Waals surface area contributed by atoms with Gasteiger partial charge >= 0.3 is 6.55 Å². The number of nitrogens with zero attached hydrogens (tertiary/aromatic N) is 7. The van der Waals surface area contributed by atoms with Crippen molar-refractivity contribution < 1.29 is 18.3 Å². The lowest BCUT2D eigenvalue weighted by Crippen LogP contribution is -2.46. The molecule has 0 saturated carbocycles. The molecule has 1 unspecified atom stereocenters. The lowest BCUT2D eigenvalue weighted by atomic mass is 10.0. The summed E-state index contributed by atoms with van der Waals surface area (Å²) in [5, 5.41) is 14.3. The van der Waals surface area contributed by atoms with E-state index in [1.807, 2.05) is 19.9 Å². The number of aliphatic hydroxyl groups excluding tert-OH is 1. The van der Waals surface area contributed by atoms with Crippen molar-refractivity contribution >= 4 is 16.9 Å². The summed E-state index contributed by atoms with van der Waals surface area (Å²) in [6, 6.07) is 8.46. The summed E-state index contributed by atoms with van der Waals surface area (Å²) in [6.45, 7) is 4.05. The average Bonchev–Trinajstić information content (AvgIpc) is 3.40. The second-order valence-electron chi connectivity index (χ2n) is 9.52. The first-order chi connectivity index (χ1) is 17.8. The van der Waals surface area contributed by atoms with Crippen molar-refractivity contribution in [1.82, 2.24) is 29.6 Å². The van der Waals surface area contributed by atoms with Crippen LogP contribution in [0.3, 0.4) is 0 Å². The Hall–Kier alpha value is -3.57. The first-order valence-corrected chi connectivity index (χ1v) is 12.2. The van der Waals surface area contributed by atoms with Gasteiger partial charge in [-0.05, 0) is 18.1 Å². The number of hydrogen-bond acceptors (Lipinski definition) is 7. The van der Waals surface area contributed by atoms with Crippen LogP contribution in [0.5, 0.6) is 0 Å². The van der Waals surface area contributed by atoms with Gasteiger partial charge in [0.1, 0.15) is 17.0 Å². The summed E-state index contributed by atoms with van der Waals surface area (Å²) in [4.78, 5) is 18.2. The van der Waals surface area contributed by atoms with Crippen molar-refractivity contribution in [2.75, 3.05) is 31.1 Å². The predicted molar refractivity (Wildman–Crippen MR) is 133 cm³/mol. The van der Waals surface area contributed by atoms with Crippen LogP contribution in [0.25, 0.3) is 22.3 Å². The van der Waals surface area contributed by atoms with Gasteiger partial charge in [-0.15, -0.1) is 0 Å². The molecule has 1 fully saturated rings. The zero-order valence-electron chi connectivity index (χ0n) is 20.6. The molecule has 11 heteroatoms. The van der Waals surface area contributed by atoms with Gasteiger partial charge in [0.15, 0.2) is 5.82 Å². The van der Waals surface area contributed by atoms with Crippen LogP contribution >= 0.6 is 0 Å². The monoisotopic (exact) mass is 511 g/mol. The smallest absolute Gasteiger partial charge is 0.333 e. The fraction of sp³-hybridized carbons (Fsp3) is 0.385. The molecule has 37 heavy (non-hydrogen) atoms. The van der Waals surface area contributed by atoms with E-state index in [2.05, 4.69) is 19.9 Å². The largest absolute Gasteiger partial charge is 0.387 e. The number of fused-ring (bicyclic) bond motifs is 1. The highest BCUT2D eigenvalue weighted by atomic mass is 19.3. The predicted octanol–water partition coefficient (Wildman–Crippen LogP) is 4.43. The second kappa shape index (κ2) is 10.4. The molecule has 3 aromatic heterocycles. The number of alkyl halides is 2. The van der Waals surface area contributed by atoms with Gasteiger partial charge in [-0.1, -0.05) is 32.0 Å². The highest BCUT2D eigenvalue weighted by Gasteiger charge is 2.25. The Morgan fingerprint density at radius 1 is 1.00 bits per heavy atom. The fourth-order valence-electron chi connectivity index (χ4n) is 4.44. The molecule has 1 N–H and O–H groups in total. The van der Waals surface area contributed by atoms with E-state index in [9.17, 15) is 18.3 Å². The Kier molecular flexibility index (Phi) is 7.07. The molecule has 1 aromatic carbocycles. The van der Waals surface area contributed by atoms with Crippen LogP contribution in [0, 0.1) is 11.7 Å². The number of hydrogen-bond donors (Lipinski definition) is 1. The highest BCUT2D eigenvalue weighted by Crippen LogP contribution is 2.32. The molecule has 0 bridgehead atoms.